The number of aliphatic hydroxyl groups excluding tert-OH is 1. The van der Waals surface area contributed by atoms with Crippen molar-refractivity contribution in [1.82, 2.24) is 9.80 Å². The highest BCUT2D eigenvalue weighted by molar-refractivity contribution is 5.79. The van der Waals surface area contributed by atoms with Crippen LogP contribution < -0.4 is 0 Å². The average Bonchev–Trinajstić information content (AvgIpc) is 3.26. The zero-order valence-corrected chi connectivity index (χ0v) is 13.4. The van der Waals surface area contributed by atoms with Gasteiger partial charge in [-0.2, -0.15) is 0 Å². The van der Waals surface area contributed by atoms with E-state index in [0.717, 1.165) is 32.2 Å². The van der Waals surface area contributed by atoms with Crippen LogP contribution in [0, 0.1) is 6.92 Å². The molecule has 120 valence electrons. The van der Waals surface area contributed by atoms with Crippen molar-refractivity contribution in [3.05, 3.63) is 35.4 Å². The van der Waals surface area contributed by atoms with Crippen LogP contribution in [0.4, 0.5) is 0 Å². The third-order valence-electron chi connectivity index (χ3n) is 4.83. The summed E-state index contributed by atoms with van der Waals surface area (Å²) < 4.78 is 0. The van der Waals surface area contributed by atoms with Crippen LogP contribution in [0.5, 0.6) is 0 Å². The Morgan fingerprint density at radius 1 is 1.27 bits per heavy atom. The largest absolute Gasteiger partial charge is 0.395 e. The average molecular weight is 302 g/mol. The molecule has 0 aromatic heterocycles. The summed E-state index contributed by atoms with van der Waals surface area (Å²) in [5.41, 5.74) is 2.45. The molecule has 1 amide bonds. The molecule has 1 aromatic carbocycles. The third kappa shape index (κ3) is 3.68. The Morgan fingerprint density at radius 2 is 2.00 bits per heavy atom. The van der Waals surface area contributed by atoms with Crippen LogP contribution in [-0.2, 0) is 11.3 Å². The topological polar surface area (TPSA) is 43.8 Å². The number of likely N-dealkylation sites (tertiary alicyclic amines) is 1. The predicted molar refractivity (Wildman–Crippen MR) is 86.4 cm³/mol. The van der Waals surface area contributed by atoms with E-state index >= 15 is 0 Å². The summed E-state index contributed by atoms with van der Waals surface area (Å²) >= 11 is 0. The van der Waals surface area contributed by atoms with Crippen molar-refractivity contribution in [3.63, 3.8) is 0 Å². The Hall–Kier alpha value is -1.39. The van der Waals surface area contributed by atoms with Crippen LogP contribution in [0.15, 0.2) is 24.3 Å². The molecule has 22 heavy (non-hydrogen) atoms. The first-order chi connectivity index (χ1) is 10.7. The van der Waals surface area contributed by atoms with Gasteiger partial charge in [0.15, 0.2) is 0 Å². The van der Waals surface area contributed by atoms with Crippen LogP contribution in [0.25, 0.3) is 0 Å². The van der Waals surface area contributed by atoms with Gasteiger partial charge in [-0.15, -0.1) is 0 Å². The van der Waals surface area contributed by atoms with Gasteiger partial charge in [-0.25, -0.2) is 0 Å². The van der Waals surface area contributed by atoms with E-state index in [1.165, 1.54) is 11.1 Å². The van der Waals surface area contributed by atoms with Crippen molar-refractivity contribution < 1.29 is 9.90 Å². The van der Waals surface area contributed by atoms with Crippen LogP contribution in [0.1, 0.15) is 36.8 Å². The van der Waals surface area contributed by atoms with Crippen molar-refractivity contribution in [1.29, 1.82) is 0 Å². The van der Waals surface area contributed by atoms with Gasteiger partial charge in [-0.05, 0) is 44.7 Å². The molecule has 3 rings (SSSR count). The Balaban J connectivity index is 1.63. The molecule has 1 aliphatic heterocycles. The second-order valence-corrected chi connectivity index (χ2v) is 6.69. The second kappa shape index (κ2) is 6.80. The van der Waals surface area contributed by atoms with E-state index in [2.05, 4.69) is 36.1 Å². The van der Waals surface area contributed by atoms with Crippen molar-refractivity contribution >= 4 is 5.91 Å². The van der Waals surface area contributed by atoms with Crippen LogP contribution in [-0.4, -0.2) is 52.6 Å². The van der Waals surface area contributed by atoms with Crippen molar-refractivity contribution in [2.45, 2.75) is 51.2 Å². The molecule has 2 aliphatic rings. The lowest BCUT2D eigenvalue weighted by atomic mass is 10.1. The van der Waals surface area contributed by atoms with Crippen LogP contribution in [0.3, 0.4) is 0 Å². The first-order valence-corrected chi connectivity index (χ1v) is 8.37. The molecule has 1 saturated heterocycles. The summed E-state index contributed by atoms with van der Waals surface area (Å²) in [7, 11) is 0. The first kappa shape index (κ1) is 15.5. The van der Waals surface area contributed by atoms with Gasteiger partial charge in [-0.1, -0.05) is 29.8 Å². The summed E-state index contributed by atoms with van der Waals surface area (Å²) in [6, 6.07) is 9.03. The van der Waals surface area contributed by atoms with E-state index in [4.69, 9.17) is 0 Å². The minimum absolute atomic E-state index is 0.161. The van der Waals surface area contributed by atoms with Gasteiger partial charge >= 0.3 is 0 Å². The Morgan fingerprint density at radius 3 is 2.64 bits per heavy atom. The smallest absolute Gasteiger partial charge is 0.237 e. The Kier molecular flexibility index (Phi) is 4.79. The Bertz CT molecular complexity index is 510. The maximum absolute atomic E-state index is 12.7. The molecule has 4 heteroatoms. The number of aliphatic hydroxyl groups is 1. The number of rotatable bonds is 6. The third-order valence-corrected chi connectivity index (χ3v) is 4.83. The first-order valence-electron chi connectivity index (χ1n) is 8.37. The second-order valence-electron chi connectivity index (χ2n) is 6.69. The standard InChI is InChI=1S/C18H26N2O2/c1-14-4-6-15(7-5-14)11-20(16-8-9-16)18(22)12-19-10-2-3-17(19)13-21/h4-7,16-17,21H,2-3,8-13H2,1H3/t17-/m1/s1. The highest BCUT2D eigenvalue weighted by atomic mass is 16.3. The molecule has 1 aliphatic carbocycles. The zero-order chi connectivity index (χ0) is 15.5. The fourth-order valence-corrected chi connectivity index (χ4v) is 3.27. The quantitative estimate of drug-likeness (QED) is 0.873. The van der Waals surface area contributed by atoms with Crippen LogP contribution >= 0.6 is 0 Å². The van der Waals surface area contributed by atoms with Gasteiger partial charge < -0.3 is 10.0 Å². The molecule has 0 radical (unpaired) electrons. The minimum atomic E-state index is 0.161. The fourth-order valence-electron chi connectivity index (χ4n) is 3.27. The summed E-state index contributed by atoms with van der Waals surface area (Å²) in [5.74, 6) is 0.212. The van der Waals surface area contributed by atoms with E-state index in [9.17, 15) is 9.90 Å². The van der Waals surface area contributed by atoms with Crippen molar-refractivity contribution in [2.24, 2.45) is 0 Å². The van der Waals surface area contributed by atoms with Crippen molar-refractivity contribution in [3.8, 4) is 0 Å². The number of carbonyl (C=O) groups is 1. The highest BCUT2D eigenvalue weighted by Gasteiger charge is 2.34. The molecule has 4 nitrogen and oxygen atoms in total. The van der Waals surface area contributed by atoms with Gasteiger partial charge in [0.2, 0.25) is 5.91 Å². The minimum Gasteiger partial charge on any atom is -0.395 e. The number of aryl methyl sites for hydroxylation is 1. The molecule has 1 aromatic rings. The Labute approximate surface area is 132 Å². The van der Waals surface area contributed by atoms with E-state index < -0.39 is 0 Å². The molecule has 1 N–H and O–H groups in total. The summed E-state index contributed by atoms with van der Waals surface area (Å²) in [6.45, 7) is 4.33. The molecule has 1 atom stereocenters. The number of hydrogen-bond acceptors (Lipinski definition) is 3. The number of benzene rings is 1. The molecule has 2 fully saturated rings. The van der Waals surface area contributed by atoms with Crippen LogP contribution in [0.2, 0.25) is 0 Å². The molecule has 0 spiro atoms. The normalized spacial score (nSPS) is 22.0. The van der Waals surface area contributed by atoms with Gasteiger partial charge in [0.05, 0.1) is 13.2 Å². The number of hydrogen-bond donors (Lipinski definition) is 1. The fraction of sp³-hybridized carbons (Fsp3) is 0.611. The van der Waals surface area contributed by atoms with E-state index in [1.807, 2.05) is 4.90 Å². The monoisotopic (exact) mass is 302 g/mol. The van der Waals surface area contributed by atoms with E-state index in [1.54, 1.807) is 0 Å². The van der Waals surface area contributed by atoms with Gasteiger partial charge in [-0.3, -0.25) is 9.69 Å². The molecule has 1 heterocycles. The molecular formula is C18H26N2O2. The maximum Gasteiger partial charge on any atom is 0.237 e. The van der Waals surface area contributed by atoms with Crippen molar-refractivity contribution in [2.75, 3.05) is 19.7 Å². The lowest BCUT2D eigenvalue weighted by Gasteiger charge is -2.28. The number of amides is 1. The zero-order valence-electron chi connectivity index (χ0n) is 13.4. The molecular weight excluding hydrogens is 276 g/mol. The van der Waals surface area contributed by atoms with E-state index in [-0.39, 0.29) is 18.6 Å². The molecule has 0 unspecified atom stereocenters. The summed E-state index contributed by atoms with van der Waals surface area (Å²) in [4.78, 5) is 16.9. The highest BCUT2D eigenvalue weighted by Crippen LogP contribution is 2.29. The number of nitrogens with zero attached hydrogens (tertiary/aromatic N) is 2. The van der Waals surface area contributed by atoms with Gasteiger partial charge in [0.1, 0.15) is 0 Å². The lowest BCUT2D eigenvalue weighted by molar-refractivity contribution is -0.134. The molecule has 0 bridgehead atoms. The SMILES string of the molecule is Cc1ccc(CN(C(=O)CN2CCC[C@@H]2CO)C2CC2)cc1. The van der Waals surface area contributed by atoms with E-state index in [0.29, 0.717) is 19.1 Å². The van der Waals surface area contributed by atoms with Gasteiger partial charge in [0.25, 0.3) is 0 Å². The lowest BCUT2D eigenvalue weighted by Crippen LogP contribution is -2.43. The maximum atomic E-state index is 12.7. The summed E-state index contributed by atoms with van der Waals surface area (Å²) in [5, 5.41) is 9.40. The molecule has 1 saturated carbocycles. The number of carbonyl (C=O) groups excluding carboxylic acids is 1. The summed E-state index contributed by atoms with van der Waals surface area (Å²) in [6.07, 6.45) is 4.34. The predicted octanol–water partition coefficient (Wildman–Crippen LogP) is 1.94. The van der Waals surface area contributed by atoms with Gasteiger partial charge in [0, 0.05) is 18.6 Å².